The summed E-state index contributed by atoms with van der Waals surface area (Å²) in [5.41, 5.74) is 2.28. The van der Waals surface area contributed by atoms with Gasteiger partial charge in [-0.3, -0.25) is 4.79 Å². The maximum absolute atomic E-state index is 12.6. The molecule has 0 aromatic heterocycles. The minimum Gasteiger partial charge on any atom is -0.497 e. The first-order chi connectivity index (χ1) is 14.6. The SMILES string of the molecule is COc1ccc(CNC(=O)c2ccc(OC)c(COc3ccccc3OC)c2)cc1. The lowest BCUT2D eigenvalue weighted by atomic mass is 10.1. The van der Waals surface area contributed by atoms with E-state index in [9.17, 15) is 4.79 Å². The zero-order chi connectivity index (χ0) is 21.3. The van der Waals surface area contributed by atoms with Gasteiger partial charge in [-0.25, -0.2) is 0 Å². The molecule has 0 aliphatic rings. The van der Waals surface area contributed by atoms with Gasteiger partial charge in [-0.2, -0.15) is 0 Å². The maximum Gasteiger partial charge on any atom is 0.251 e. The van der Waals surface area contributed by atoms with Crippen molar-refractivity contribution in [1.82, 2.24) is 5.32 Å². The zero-order valence-electron chi connectivity index (χ0n) is 17.3. The van der Waals surface area contributed by atoms with Crippen LogP contribution in [0.3, 0.4) is 0 Å². The number of ether oxygens (including phenoxy) is 4. The Morgan fingerprint density at radius 3 is 2.17 bits per heavy atom. The summed E-state index contributed by atoms with van der Waals surface area (Å²) in [5.74, 6) is 2.52. The van der Waals surface area contributed by atoms with Crippen molar-refractivity contribution in [3.63, 3.8) is 0 Å². The van der Waals surface area contributed by atoms with Crippen molar-refractivity contribution in [3.8, 4) is 23.0 Å². The van der Waals surface area contributed by atoms with E-state index in [1.165, 1.54) is 0 Å². The molecule has 0 radical (unpaired) electrons. The van der Waals surface area contributed by atoms with Crippen molar-refractivity contribution in [2.45, 2.75) is 13.2 Å². The number of rotatable bonds is 9. The van der Waals surface area contributed by atoms with Gasteiger partial charge in [-0.05, 0) is 48.0 Å². The van der Waals surface area contributed by atoms with Gasteiger partial charge in [-0.15, -0.1) is 0 Å². The summed E-state index contributed by atoms with van der Waals surface area (Å²) in [5, 5.41) is 2.93. The second-order valence-corrected chi connectivity index (χ2v) is 6.50. The molecule has 0 unspecified atom stereocenters. The highest BCUT2D eigenvalue weighted by atomic mass is 16.5. The Hall–Kier alpha value is -3.67. The van der Waals surface area contributed by atoms with Crippen molar-refractivity contribution in [2.75, 3.05) is 21.3 Å². The molecular formula is C24H25NO5. The van der Waals surface area contributed by atoms with Crippen LogP contribution >= 0.6 is 0 Å². The first-order valence-electron chi connectivity index (χ1n) is 9.48. The Morgan fingerprint density at radius 2 is 1.50 bits per heavy atom. The number of nitrogens with one attached hydrogen (secondary N) is 1. The number of benzene rings is 3. The topological polar surface area (TPSA) is 66.0 Å². The molecule has 0 atom stereocenters. The molecule has 156 valence electrons. The highest BCUT2D eigenvalue weighted by Crippen LogP contribution is 2.28. The predicted molar refractivity (Wildman–Crippen MR) is 114 cm³/mol. The molecule has 1 amide bonds. The highest BCUT2D eigenvalue weighted by Gasteiger charge is 2.12. The third-order valence-corrected chi connectivity index (χ3v) is 4.61. The Kier molecular flexibility index (Phi) is 7.16. The Bertz CT molecular complexity index is 985. The molecule has 30 heavy (non-hydrogen) atoms. The smallest absolute Gasteiger partial charge is 0.251 e. The molecule has 0 saturated heterocycles. The van der Waals surface area contributed by atoms with Crippen molar-refractivity contribution < 1.29 is 23.7 Å². The van der Waals surface area contributed by atoms with E-state index < -0.39 is 0 Å². The summed E-state index contributed by atoms with van der Waals surface area (Å²) in [6, 6.07) is 20.2. The minimum absolute atomic E-state index is 0.174. The van der Waals surface area contributed by atoms with Crippen molar-refractivity contribution in [2.24, 2.45) is 0 Å². The number of carbonyl (C=O) groups excluding carboxylic acids is 1. The second-order valence-electron chi connectivity index (χ2n) is 6.50. The summed E-state index contributed by atoms with van der Waals surface area (Å²) < 4.78 is 21.8. The Morgan fingerprint density at radius 1 is 0.800 bits per heavy atom. The maximum atomic E-state index is 12.6. The highest BCUT2D eigenvalue weighted by molar-refractivity contribution is 5.94. The monoisotopic (exact) mass is 407 g/mol. The number of hydrogen-bond donors (Lipinski definition) is 1. The van der Waals surface area contributed by atoms with Gasteiger partial charge >= 0.3 is 0 Å². The van der Waals surface area contributed by atoms with Crippen LogP contribution in [0.15, 0.2) is 66.7 Å². The van der Waals surface area contributed by atoms with Gasteiger partial charge < -0.3 is 24.3 Å². The minimum atomic E-state index is -0.174. The van der Waals surface area contributed by atoms with Crippen molar-refractivity contribution in [3.05, 3.63) is 83.4 Å². The standard InChI is InChI=1S/C24H25NO5/c1-27-20-11-8-17(9-12-20)15-25-24(26)18-10-13-21(28-2)19(14-18)16-30-23-7-5-4-6-22(23)29-3/h4-14H,15-16H2,1-3H3,(H,25,26). The summed E-state index contributed by atoms with van der Waals surface area (Å²) >= 11 is 0. The molecule has 1 N–H and O–H groups in total. The molecule has 0 aliphatic carbocycles. The Balaban J connectivity index is 1.68. The van der Waals surface area contributed by atoms with Gasteiger partial charge in [-0.1, -0.05) is 24.3 Å². The van der Waals surface area contributed by atoms with Crippen LogP contribution in [-0.2, 0) is 13.2 Å². The number of amides is 1. The predicted octanol–water partition coefficient (Wildman–Crippen LogP) is 4.22. The fourth-order valence-electron chi connectivity index (χ4n) is 2.95. The summed E-state index contributed by atoms with van der Waals surface area (Å²) in [6.45, 7) is 0.658. The Labute approximate surface area is 176 Å². The van der Waals surface area contributed by atoms with Crippen molar-refractivity contribution in [1.29, 1.82) is 0 Å². The van der Waals surface area contributed by atoms with E-state index in [-0.39, 0.29) is 12.5 Å². The molecule has 6 heteroatoms. The largest absolute Gasteiger partial charge is 0.497 e. The first-order valence-corrected chi connectivity index (χ1v) is 9.48. The molecule has 0 saturated carbocycles. The fourth-order valence-corrected chi connectivity index (χ4v) is 2.95. The van der Waals surface area contributed by atoms with Gasteiger partial charge in [0.05, 0.1) is 21.3 Å². The van der Waals surface area contributed by atoms with Gasteiger partial charge in [0.2, 0.25) is 0 Å². The van der Waals surface area contributed by atoms with E-state index >= 15 is 0 Å². The van der Waals surface area contributed by atoms with E-state index in [0.29, 0.717) is 29.4 Å². The molecular weight excluding hydrogens is 382 g/mol. The molecule has 0 spiro atoms. The van der Waals surface area contributed by atoms with E-state index in [1.54, 1.807) is 39.5 Å². The van der Waals surface area contributed by atoms with Crippen molar-refractivity contribution >= 4 is 5.91 Å². The van der Waals surface area contributed by atoms with Crippen LogP contribution in [0.25, 0.3) is 0 Å². The lowest BCUT2D eigenvalue weighted by molar-refractivity contribution is 0.0950. The van der Waals surface area contributed by atoms with Gasteiger partial charge in [0.15, 0.2) is 11.5 Å². The molecule has 0 aliphatic heterocycles. The lowest BCUT2D eigenvalue weighted by Crippen LogP contribution is -2.23. The number of carbonyl (C=O) groups is 1. The van der Waals surface area contributed by atoms with Crippen LogP contribution in [0, 0.1) is 0 Å². The average Bonchev–Trinajstić information content (AvgIpc) is 2.81. The fraction of sp³-hybridized carbons (Fsp3) is 0.208. The normalized spacial score (nSPS) is 10.2. The summed E-state index contributed by atoms with van der Waals surface area (Å²) in [7, 11) is 4.80. The van der Waals surface area contributed by atoms with E-state index in [4.69, 9.17) is 18.9 Å². The number of methoxy groups -OCH3 is 3. The van der Waals surface area contributed by atoms with E-state index in [1.807, 2.05) is 48.5 Å². The first kappa shape index (κ1) is 21.0. The van der Waals surface area contributed by atoms with Crippen LogP contribution in [-0.4, -0.2) is 27.2 Å². The van der Waals surface area contributed by atoms with Gasteiger partial charge in [0.25, 0.3) is 5.91 Å². The molecule has 3 aromatic rings. The van der Waals surface area contributed by atoms with Gasteiger partial charge in [0, 0.05) is 17.7 Å². The van der Waals surface area contributed by atoms with Gasteiger partial charge in [0.1, 0.15) is 18.1 Å². The number of para-hydroxylation sites is 2. The third-order valence-electron chi connectivity index (χ3n) is 4.61. The summed E-state index contributed by atoms with van der Waals surface area (Å²) in [6.07, 6.45) is 0. The molecule has 3 rings (SSSR count). The van der Waals surface area contributed by atoms with Crippen LogP contribution in [0.2, 0.25) is 0 Å². The molecule has 0 bridgehead atoms. The molecule has 3 aromatic carbocycles. The lowest BCUT2D eigenvalue weighted by Gasteiger charge is -2.14. The van der Waals surface area contributed by atoms with E-state index in [2.05, 4.69) is 5.32 Å². The number of hydrogen-bond acceptors (Lipinski definition) is 5. The third kappa shape index (κ3) is 5.23. The average molecular weight is 407 g/mol. The second kappa shape index (κ2) is 10.2. The van der Waals surface area contributed by atoms with Crippen LogP contribution in [0.5, 0.6) is 23.0 Å². The molecule has 6 nitrogen and oxygen atoms in total. The van der Waals surface area contributed by atoms with Crippen LogP contribution < -0.4 is 24.3 Å². The molecule has 0 fully saturated rings. The van der Waals surface area contributed by atoms with Crippen LogP contribution in [0.1, 0.15) is 21.5 Å². The van der Waals surface area contributed by atoms with Crippen LogP contribution in [0.4, 0.5) is 0 Å². The summed E-state index contributed by atoms with van der Waals surface area (Å²) in [4.78, 5) is 12.6. The van der Waals surface area contributed by atoms with E-state index in [0.717, 1.165) is 16.9 Å². The zero-order valence-corrected chi connectivity index (χ0v) is 17.3. The molecule has 0 heterocycles. The quantitative estimate of drug-likeness (QED) is 0.575.